The number of nitrogens with two attached hydrogens (primary N) is 1. The van der Waals surface area contributed by atoms with E-state index in [1.54, 1.807) is 6.07 Å². The number of benzene rings is 1. The summed E-state index contributed by atoms with van der Waals surface area (Å²) in [6, 6.07) is 6.00. The van der Waals surface area contributed by atoms with Crippen LogP contribution < -0.4 is 16.6 Å². The normalized spacial score (nSPS) is 19.2. The minimum atomic E-state index is -4.07. The van der Waals surface area contributed by atoms with Gasteiger partial charge in [0.25, 0.3) is 0 Å². The molecule has 114 valence electrons. The van der Waals surface area contributed by atoms with E-state index in [2.05, 4.69) is 10.7 Å². The minimum absolute atomic E-state index is 0.0944. The second-order valence-corrected chi connectivity index (χ2v) is 6.92. The molecule has 0 bridgehead atoms. The molecule has 1 aliphatic rings. The lowest BCUT2D eigenvalue weighted by Gasteiger charge is -2.39. The highest BCUT2D eigenvalue weighted by Gasteiger charge is 2.48. The quantitative estimate of drug-likeness (QED) is 0.389. The van der Waals surface area contributed by atoms with Gasteiger partial charge in [-0.3, -0.25) is 20.7 Å². The SMILES string of the molecule is CC1(C)C(=O)NC(=O)CN1S(=O)(=O)c1ccccc1NN. The van der Waals surface area contributed by atoms with E-state index in [9.17, 15) is 18.0 Å². The van der Waals surface area contributed by atoms with Gasteiger partial charge in [0.15, 0.2) is 0 Å². The van der Waals surface area contributed by atoms with E-state index in [0.29, 0.717) is 0 Å². The minimum Gasteiger partial charge on any atom is -0.323 e. The number of rotatable bonds is 3. The first-order valence-electron chi connectivity index (χ1n) is 6.14. The van der Waals surface area contributed by atoms with E-state index in [-0.39, 0.29) is 10.6 Å². The molecule has 1 fully saturated rings. The van der Waals surface area contributed by atoms with Crippen molar-refractivity contribution in [2.24, 2.45) is 5.84 Å². The lowest BCUT2D eigenvalue weighted by Crippen LogP contribution is -2.65. The Labute approximate surface area is 122 Å². The molecule has 0 aliphatic carbocycles. The number of nitrogen functional groups attached to an aromatic ring is 1. The fourth-order valence-electron chi connectivity index (χ4n) is 2.08. The Bertz CT molecular complexity index is 699. The topological polar surface area (TPSA) is 122 Å². The highest BCUT2D eigenvalue weighted by atomic mass is 32.2. The lowest BCUT2D eigenvalue weighted by atomic mass is 10.0. The van der Waals surface area contributed by atoms with Crippen LogP contribution in [0.25, 0.3) is 0 Å². The van der Waals surface area contributed by atoms with Gasteiger partial charge in [0, 0.05) is 0 Å². The molecule has 0 radical (unpaired) electrons. The molecule has 9 heteroatoms. The summed E-state index contributed by atoms with van der Waals surface area (Å²) in [6.45, 7) is 2.44. The molecular weight excluding hydrogens is 296 g/mol. The van der Waals surface area contributed by atoms with Crippen molar-refractivity contribution in [2.75, 3.05) is 12.0 Å². The van der Waals surface area contributed by atoms with Gasteiger partial charge in [-0.2, -0.15) is 4.31 Å². The van der Waals surface area contributed by atoms with Crippen LogP contribution in [-0.4, -0.2) is 36.6 Å². The van der Waals surface area contributed by atoms with E-state index in [1.807, 2.05) is 0 Å². The van der Waals surface area contributed by atoms with Gasteiger partial charge in [-0.15, -0.1) is 0 Å². The number of nitrogens with zero attached hydrogens (tertiary/aromatic N) is 1. The van der Waals surface area contributed by atoms with Crippen molar-refractivity contribution in [1.29, 1.82) is 0 Å². The van der Waals surface area contributed by atoms with E-state index in [1.165, 1.54) is 32.0 Å². The van der Waals surface area contributed by atoms with Crippen molar-refractivity contribution < 1.29 is 18.0 Å². The van der Waals surface area contributed by atoms with Crippen LogP contribution in [0.5, 0.6) is 0 Å². The van der Waals surface area contributed by atoms with Crippen LogP contribution in [0.1, 0.15) is 13.8 Å². The number of para-hydroxylation sites is 1. The van der Waals surface area contributed by atoms with Gasteiger partial charge < -0.3 is 5.43 Å². The summed E-state index contributed by atoms with van der Waals surface area (Å²) < 4.78 is 26.4. The maximum Gasteiger partial charge on any atom is 0.247 e. The summed E-state index contributed by atoms with van der Waals surface area (Å²) in [5.74, 6) is 3.99. The first-order chi connectivity index (χ1) is 9.71. The van der Waals surface area contributed by atoms with Crippen LogP contribution in [-0.2, 0) is 19.6 Å². The number of imide groups is 1. The Kier molecular flexibility index (Phi) is 3.74. The number of carbonyl (C=O) groups is 2. The maximum atomic E-state index is 12.8. The molecule has 8 nitrogen and oxygen atoms in total. The zero-order valence-electron chi connectivity index (χ0n) is 11.6. The Hall–Kier alpha value is -1.97. The summed E-state index contributed by atoms with van der Waals surface area (Å²) in [4.78, 5) is 23.3. The number of piperazine rings is 1. The average Bonchev–Trinajstić information content (AvgIpc) is 2.43. The predicted octanol–water partition coefficient (Wildman–Crippen LogP) is -0.602. The van der Waals surface area contributed by atoms with E-state index in [0.717, 1.165) is 4.31 Å². The molecule has 21 heavy (non-hydrogen) atoms. The van der Waals surface area contributed by atoms with Gasteiger partial charge in [-0.1, -0.05) is 12.1 Å². The van der Waals surface area contributed by atoms with Gasteiger partial charge in [0.2, 0.25) is 21.8 Å². The zero-order valence-corrected chi connectivity index (χ0v) is 12.4. The average molecular weight is 312 g/mol. The Morgan fingerprint density at radius 1 is 1.29 bits per heavy atom. The number of anilines is 1. The van der Waals surface area contributed by atoms with E-state index in [4.69, 9.17) is 5.84 Å². The largest absolute Gasteiger partial charge is 0.323 e. The summed E-state index contributed by atoms with van der Waals surface area (Å²) in [5.41, 5.74) is 1.11. The zero-order chi connectivity index (χ0) is 15.8. The van der Waals surface area contributed by atoms with Crippen LogP contribution >= 0.6 is 0 Å². The number of sulfonamides is 1. The first kappa shape index (κ1) is 15.4. The van der Waals surface area contributed by atoms with Crippen LogP contribution in [0.4, 0.5) is 5.69 Å². The molecule has 0 saturated carbocycles. The maximum absolute atomic E-state index is 12.8. The van der Waals surface area contributed by atoms with Crippen LogP contribution in [0.3, 0.4) is 0 Å². The number of nitrogens with one attached hydrogen (secondary N) is 2. The molecule has 2 rings (SSSR count). The number of amides is 2. The first-order valence-corrected chi connectivity index (χ1v) is 7.58. The molecule has 0 unspecified atom stereocenters. The Morgan fingerprint density at radius 2 is 1.90 bits per heavy atom. The Balaban J connectivity index is 2.57. The molecule has 1 aromatic carbocycles. The van der Waals surface area contributed by atoms with Gasteiger partial charge in [-0.05, 0) is 26.0 Å². The summed E-state index contributed by atoms with van der Waals surface area (Å²) in [7, 11) is -4.07. The number of hydrogen-bond donors (Lipinski definition) is 3. The third-order valence-corrected chi connectivity index (χ3v) is 5.41. The fraction of sp³-hybridized carbons (Fsp3) is 0.333. The number of hydrogen-bond acceptors (Lipinski definition) is 6. The smallest absolute Gasteiger partial charge is 0.247 e. The summed E-state index contributed by atoms with van der Waals surface area (Å²) in [6.07, 6.45) is 0. The van der Waals surface area contributed by atoms with Crippen LogP contribution in [0.2, 0.25) is 0 Å². The number of hydrazine groups is 1. The third-order valence-electron chi connectivity index (χ3n) is 3.33. The van der Waals surface area contributed by atoms with E-state index < -0.39 is 33.9 Å². The summed E-state index contributed by atoms with van der Waals surface area (Å²) in [5, 5.41) is 2.13. The van der Waals surface area contributed by atoms with E-state index >= 15 is 0 Å². The third kappa shape index (κ3) is 2.50. The molecule has 4 N–H and O–H groups in total. The van der Waals surface area contributed by atoms with Crippen molar-refractivity contribution in [3.63, 3.8) is 0 Å². The van der Waals surface area contributed by atoms with Crippen LogP contribution in [0.15, 0.2) is 29.2 Å². The van der Waals surface area contributed by atoms with Crippen LogP contribution in [0, 0.1) is 0 Å². The fourth-order valence-corrected chi connectivity index (χ4v) is 3.94. The molecule has 0 spiro atoms. The lowest BCUT2D eigenvalue weighted by molar-refractivity contribution is -0.141. The molecule has 1 aromatic rings. The van der Waals surface area contributed by atoms with Crippen molar-refractivity contribution >= 4 is 27.5 Å². The molecule has 1 saturated heterocycles. The molecule has 1 heterocycles. The highest BCUT2D eigenvalue weighted by Crippen LogP contribution is 2.30. The second-order valence-electron chi connectivity index (χ2n) is 5.09. The predicted molar refractivity (Wildman–Crippen MR) is 75.4 cm³/mol. The van der Waals surface area contributed by atoms with Crippen molar-refractivity contribution in [1.82, 2.24) is 9.62 Å². The van der Waals surface area contributed by atoms with Crippen molar-refractivity contribution in [2.45, 2.75) is 24.3 Å². The van der Waals surface area contributed by atoms with Gasteiger partial charge in [0.05, 0.1) is 12.2 Å². The van der Waals surface area contributed by atoms with Gasteiger partial charge in [0.1, 0.15) is 10.4 Å². The monoisotopic (exact) mass is 312 g/mol. The standard InChI is InChI=1S/C12H16N4O4S/c1-12(2)11(18)14-10(17)7-16(12)21(19,20)9-6-4-3-5-8(9)15-13/h3-6,15H,7,13H2,1-2H3,(H,14,17,18). The van der Waals surface area contributed by atoms with Crippen molar-refractivity contribution in [3.05, 3.63) is 24.3 Å². The second kappa shape index (κ2) is 5.10. The molecule has 0 aromatic heterocycles. The summed E-state index contributed by atoms with van der Waals surface area (Å²) >= 11 is 0. The van der Waals surface area contributed by atoms with Gasteiger partial charge >= 0.3 is 0 Å². The highest BCUT2D eigenvalue weighted by molar-refractivity contribution is 7.89. The van der Waals surface area contributed by atoms with Gasteiger partial charge in [-0.25, -0.2) is 8.42 Å². The van der Waals surface area contributed by atoms with Crippen molar-refractivity contribution in [3.8, 4) is 0 Å². The molecule has 2 amide bonds. The number of carbonyl (C=O) groups excluding carboxylic acids is 2. The molecule has 1 aliphatic heterocycles. The Morgan fingerprint density at radius 3 is 2.52 bits per heavy atom. The molecular formula is C12H16N4O4S. The molecule has 0 atom stereocenters.